The van der Waals surface area contributed by atoms with Crippen molar-refractivity contribution < 1.29 is 24.0 Å². The van der Waals surface area contributed by atoms with Crippen molar-refractivity contribution in [2.24, 2.45) is 5.11 Å². The molecule has 2 saturated heterocycles. The molecule has 0 aromatic carbocycles. The van der Waals surface area contributed by atoms with Gasteiger partial charge in [0.25, 0.3) is 5.91 Å². The van der Waals surface area contributed by atoms with Crippen molar-refractivity contribution in [2.75, 3.05) is 20.1 Å². The molecule has 2 heterocycles. The molecular formula is C17H25N6O5-. The van der Waals surface area contributed by atoms with Crippen LogP contribution in [0.1, 0.15) is 39.0 Å². The average molecular weight is 393 g/mol. The molecule has 0 aromatic heterocycles. The molecular weight excluding hydrogens is 368 g/mol. The fraction of sp³-hybridized carbons (Fsp3) is 0.706. The van der Waals surface area contributed by atoms with Crippen LogP contribution < -0.4 is 10.6 Å². The van der Waals surface area contributed by atoms with Crippen molar-refractivity contribution >= 4 is 29.3 Å². The highest BCUT2D eigenvalue weighted by atomic mass is 16.2. The van der Waals surface area contributed by atoms with Crippen LogP contribution in [0, 0.1) is 0 Å². The molecule has 0 saturated carbocycles. The summed E-state index contributed by atoms with van der Waals surface area (Å²) in [6.07, 6.45) is 1.12. The standard InChI is InChI=1S/C17H25N6O5/c1-10(24)8-12(14(25)9-20-18)21-16(27)13-4-3-7-22-15(26)6-5-11(19-2)17(28)23(13)22/h11-13,19H,3-9H2,1-2H3,(H,21,27)/q-1. The highest BCUT2D eigenvalue weighted by Gasteiger charge is 2.44. The summed E-state index contributed by atoms with van der Waals surface area (Å²) in [6.45, 7) is 1.06. The molecule has 0 aliphatic carbocycles. The Labute approximate surface area is 162 Å². The third-order valence-corrected chi connectivity index (χ3v) is 4.94. The van der Waals surface area contributed by atoms with Crippen LogP contribution in [0.4, 0.5) is 0 Å². The molecule has 2 aliphatic heterocycles. The Bertz CT molecular complexity index is 681. The lowest BCUT2D eigenvalue weighted by molar-refractivity contribution is -0.176. The number of nitrogens with zero attached hydrogens (tertiary/aromatic N) is 4. The number of Topliss-reactive ketones (excluding diaryl/α,β-unsaturated/α-hetero) is 2. The first-order valence-electron chi connectivity index (χ1n) is 9.24. The molecule has 0 bridgehead atoms. The molecule has 3 atom stereocenters. The number of carbonyl (C=O) groups excluding carboxylic acids is 5. The van der Waals surface area contributed by atoms with Gasteiger partial charge < -0.3 is 21.3 Å². The van der Waals surface area contributed by atoms with Gasteiger partial charge in [0, 0.05) is 19.4 Å². The second kappa shape index (κ2) is 9.49. The van der Waals surface area contributed by atoms with E-state index in [9.17, 15) is 24.0 Å². The van der Waals surface area contributed by atoms with Crippen LogP contribution >= 0.6 is 0 Å². The van der Waals surface area contributed by atoms with Gasteiger partial charge in [-0.25, -0.2) is 5.01 Å². The van der Waals surface area contributed by atoms with Crippen LogP contribution in [0.15, 0.2) is 5.11 Å². The summed E-state index contributed by atoms with van der Waals surface area (Å²) in [5.41, 5.74) is 8.61. The van der Waals surface area contributed by atoms with E-state index in [0.717, 1.165) is 0 Å². The Balaban J connectivity index is 2.24. The molecule has 11 nitrogen and oxygen atoms in total. The van der Waals surface area contributed by atoms with Gasteiger partial charge in [-0.15, -0.1) is 0 Å². The van der Waals surface area contributed by atoms with Gasteiger partial charge in [-0.1, -0.05) is 0 Å². The predicted molar refractivity (Wildman–Crippen MR) is 96.6 cm³/mol. The normalized spacial score (nSPS) is 23.5. The average Bonchev–Trinajstić information content (AvgIpc) is 2.78. The van der Waals surface area contributed by atoms with E-state index in [2.05, 4.69) is 15.7 Å². The lowest BCUT2D eigenvalue weighted by Crippen LogP contribution is -2.64. The number of rotatable bonds is 8. The third-order valence-electron chi connectivity index (χ3n) is 4.94. The van der Waals surface area contributed by atoms with Gasteiger partial charge in [-0.05, 0) is 33.2 Å². The van der Waals surface area contributed by atoms with E-state index in [1.165, 1.54) is 16.9 Å². The molecule has 2 N–H and O–H groups in total. The summed E-state index contributed by atoms with van der Waals surface area (Å²) in [7, 11) is 1.61. The predicted octanol–water partition coefficient (Wildman–Crippen LogP) is -0.843. The van der Waals surface area contributed by atoms with E-state index in [1.807, 2.05) is 0 Å². The molecule has 2 fully saturated rings. The van der Waals surface area contributed by atoms with Crippen LogP contribution in [0.2, 0.25) is 0 Å². The summed E-state index contributed by atoms with van der Waals surface area (Å²) >= 11 is 0. The van der Waals surface area contributed by atoms with Gasteiger partial charge in [0.15, 0.2) is 5.78 Å². The Morgan fingerprint density at radius 1 is 1.29 bits per heavy atom. The largest absolute Gasteiger partial charge is 0.712 e. The zero-order valence-corrected chi connectivity index (χ0v) is 16.0. The van der Waals surface area contributed by atoms with Crippen molar-refractivity contribution in [3.63, 3.8) is 0 Å². The second-order valence-corrected chi connectivity index (χ2v) is 6.97. The van der Waals surface area contributed by atoms with E-state index >= 15 is 0 Å². The van der Waals surface area contributed by atoms with Gasteiger partial charge >= 0.3 is 0 Å². The van der Waals surface area contributed by atoms with E-state index in [0.29, 0.717) is 25.8 Å². The highest BCUT2D eigenvalue weighted by Crippen LogP contribution is 2.25. The Kier molecular flexibility index (Phi) is 7.32. The summed E-state index contributed by atoms with van der Waals surface area (Å²) in [5, 5.41) is 10.6. The Morgan fingerprint density at radius 3 is 2.61 bits per heavy atom. The minimum absolute atomic E-state index is 0.186. The zero-order chi connectivity index (χ0) is 20.8. The van der Waals surface area contributed by atoms with Gasteiger partial charge in [0.1, 0.15) is 11.8 Å². The summed E-state index contributed by atoms with van der Waals surface area (Å²) in [5.74, 6) is -2.18. The van der Waals surface area contributed by atoms with Gasteiger partial charge in [-0.2, -0.15) is 0 Å². The lowest BCUT2D eigenvalue weighted by atomic mass is 10.0. The topological polar surface area (TPSA) is 151 Å². The van der Waals surface area contributed by atoms with Gasteiger partial charge in [0.2, 0.25) is 11.8 Å². The first-order chi connectivity index (χ1) is 13.3. The minimum Gasteiger partial charge on any atom is -0.712 e. The summed E-state index contributed by atoms with van der Waals surface area (Å²) < 4.78 is 0. The van der Waals surface area contributed by atoms with Crippen molar-refractivity contribution in [1.82, 2.24) is 20.7 Å². The maximum absolute atomic E-state index is 12.9. The molecule has 2 aliphatic rings. The number of hydrogen-bond donors (Lipinski definition) is 2. The smallest absolute Gasteiger partial charge is 0.259 e. The Morgan fingerprint density at radius 2 is 2.00 bits per heavy atom. The monoisotopic (exact) mass is 393 g/mol. The first kappa shape index (κ1) is 21.6. The number of hydrazine groups is 1. The summed E-state index contributed by atoms with van der Waals surface area (Å²) in [4.78, 5) is 61.7. The molecule has 3 unspecified atom stereocenters. The van der Waals surface area contributed by atoms with Gasteiger partial charge in [-0.3, -0.25) is 29.0 Å². The number of hydrogen-bond acceptors (Lipinski definition) is 7. The van der Waals surface area contributed by atoms with E-state index in [4.69, 9.17) is 5.53 Å². The van der Waals surface area contributed by atoms with Crippen LogP contribution in [0.3, 0.4) is 0 Å². The molecule has 3 amide bonds. The van der Waals surface area contributed by atoms with E-state index in [1.54, 1.807) is 7.05 Å². The third kappa shape index (κ3) is 4.77. The number of ketones is 2. The molecule has 11 heteroatoms. The second-order valence-electron chi connectivity index (χ2n) is 6.97. The van der Waals surface area contributed by atoms with Crippen LogP contribution in [-0.2, 0) is 24.0 Å². The molecule has 0 aromatic rings. The van der Waals surface area contributed by atoms with E-state index in [-0.39, 0.29) is 30.4 Å². The number of carbonyl (C=O) groups is 5. The van der Waals surface area contributed by atoms with Gasteiger partial charge in [0.05, 0.1) is 18.6 Å². The van der Waals surface area contributed by atoms with Crippen molar-refractivity contribution in [3.05, 3.63) is 5.53 Å². The number of nitrogens with one attached hydrogen (secondary N) is 2. The SMILES string of the molecule is CNC1CCC(=O)N2CCCC(C(=O)NC(CC(C)=O)C(=O)CN=[N-])N2C1=O. The maximum Gasteiger partial charge on any atom is 0.259 e. The highest BCUT2D eigenvalue weighted by molar-refractivity contribution is 5.97. The number of amides is 3. The van der Waals surface area contributed by atoms with Crippen LogP contribution in [0.5, 0.6) is 0 Å². The van der Waals surface area contributed by atoms with Crippen molar-refractivity contribution in [3.8, 4) is 0 Å². The van der Waals surface area contributed by atoms with Crippen molar-refractivity contribution in [2.45, 2.75) is 57.2 Å². The fourth-order valence-electron chi connectivity index (χ4n) is 3.52. The number of fused-ring (bicyclic) bond motifs is 1. The summed E-state index contributed by atoms with van der Waals surface area (Å²) in [6, 6.07) is -2.72. The molecule has 2 rings (SSSR count). The lowest BCUT2D eigenvalue weighted by Gasteiger charge is -2.43. The number of likely N-dealkylation sites (N-methyl/N-ethyl adjacent to an activating group) is 1. The maximum atomic E-state index is 12.9. The quantitative estimate of drug-likeness (QED) is 0.513. The fourth-order valence-corrected chi connectivity index (χ4v) is 3.52. The van der Waals surface area contributed by atoms with Crippen LogP contribution in [-0.4, -0.2) is 77.6 Å². The molecule has 28 heavy (non-hydrogen) atoms. The van der Waals surface area contributed by atoms with E-state index < -0.39 is 36.4 Å². The van der Waals surface area contributed by atoms with Crippen LogP contribution in [0.25, 0.3) is 5.53 Å². The Hall–Kier alpha value is -2.69. The van der Waals surface area contributed by atoms with Crippen molar-refractivity contribution in [1.29, 1.82) is 0 Å². The molecule has 154 valence electrons. The molecule has 0 spiro atoms. The minimum atomic E-state index is -1.16. The first-order valence-corrected chi connectivity index (χ1v) is 9.24. The molecule has 0 radical (unpaired) electrons. The zero-order valence-electron chi connectivity index (χ0n) is 16.0.